The van der Waals surface area contributed by atoms with Crippen LogP contribution in [0.4, 0.5) is 11.6 Å². The molecule has 0 aromatic carbocycles. The molecule has 2 rings (SSSR count). The van der Waals surface area contributed by atoms with Crippen molar-refractivity contribution >= 4 is 17.6 Å². The molecule has 126 valence electrons. The zero-order valence-electron chi connectivity index (χ0n) is 13.7. The monoisotopic (exact) mass is 322 g/mol. The smallest absolute Gasteiger partial charge is 0.308 e. The SMILES string of the molecule is CC(C)(C)OC(=O)CC1CCCCN1c1ncc([N+](=O)[O-])cn1. The van der Waals surface area contributed by atoms with E-state index in [0.717, 1.165) is 25.8 Å². The lowest BCUT2D eigenvalue weighted by Gasteiger charge is -2.35. The molecular formula is C15H22N4O4. The van der Waals surface area contributed by atoms with Gasteiger partial charge in [0.25, 0.3) is 0 Å². The maximum absolute atomic E-state index is 12.1. The molecule has 0 amide bonds. The molecule has 2 heterocycles. The summed E-state index contributed by atoms with van der Waals surface area (Å²) in [5.41, 5.74) is -0.657. The van der Waals surface area contributed by atoms with Gasteiger partial charge in [-0.05, 0) is 40.0 Å². The zero-order chi connectivity index (χ0) is 17.0. The highest BCUT2D eigenvalue weighted by Gasteiger charge is 2.29. The van der Waals surface area contributed by atoms with E-state index < -0.39 is 10.5 Å². The first-order valence-corrected chi connectivity index (χ1v) is 7.71. The minimum absolute atomic E-state index is 0.0416. The van der Waals surface area contributed by atoms with E-state index in [4.69, 9.17) is 4.74 Å². The van der Waals surface area contributed by atoms with Gasteiger partial charge in [0.1, 0.15) is 18.0 Å². The Bertz CT molecular complexity index is 568. The molecule has 0 bridgehead atoms. The van der Waals surface area contributed by atoms with Crippen molar-refractivity contribution in [2.24, 2.45) is 0 Å². The summed E-state index contributed by atoms with van der Waals surface area (Å²) in [5.74, 6) is 0.167. The molecule has 8 nitrogen and oxygen atoms in total. The molecule has 23 heavy (non-hydrogen) atoms. The maximum Gasteiger partial charge on any atom is 0.308 e. The number of anilines is 1. The van der Waals surface area contributed by atoms with Gasteiger partial charge in [0.15, 0.2) is 0 Å². The van der Waals surface area contributed by atoms with Crippen molar-refractivity contribution in [3.63, 3.8) is 0 Å². The summed E-state index contributed by atoms with van der Waals surface area (Å²) in [6.45, 7) is 6.24. The number of piperidine rings is 1. The number of aromatic nitrogens is 2. The molecule has 1 unspecified atom stereocenters. The molecule has 1 aliphatic heterocycles. The Kier molecular flexibility index (Phi) is 5.12. The molecule has 1 saturated heterocycles. The molecule has 0 radical (unpaired) electrons. The Hall–Kier alpha value is -2.25. The van der Waals surface area contributed by atoms with Crippen LogP contribution in [-0.2, 0) is 9.53 Å². The Morgan fingerprint density at radius 2 is 2.04 bits per heavy atom. The number of hydrogen-bond acceptors (Lipinski definition) is 7. The first-order chi connectivity index (χ1) is 10.8. The van der Waals surface area contributed by atoms with Crippen LogP contribution in [0.1, 0.15) is 46.5 Å². The highest BCUT2D eigenvalue weighted by Crippen LogP contribution is 2.25. The molecule has 0 saturated carbocycles. The van der Waals surface area contributed by atoms with Crippen LogP contribution in [0.15, 0.2) is 12.4 Å². The first kappa shape index (κ1) is 17.1. The van der Waals surface area contributed by atoms with Gasteiger partial charge in [-0.3, -0.25) is 14.9 Å². The third-order valence-corrected chi connectivity index (χ3v) is 3.54. The predicted octanol–water partition coefficient (Wildman–Crippen LogP) is 2.48. The average molecular weight is 322 g/mol. The van der Waals surface area contributed by atoms with Crippen LogP contribution in [-0.4, -0.2) is 39.0 Å². The van der Waals surface area contributed by atoms with Crippen molar-refractivity contribution in [2.45, 2.75) is 58.1 Å². The second-order valence-corrected chi connectivity index (χ2v) is 6.63. The average Bonchev–Trinajstić information content (AvgIpc) is 2.46. The van der Waals surface area contributed by atoms with E-state index in [2.05, 4.69) is 9.97 Å². The molecule has 1 fully saturated rings. The van der Waals surface area contributed by atoms with Crippen molar-refractivity contribution in [3.8, 4) is 0 Å². The molecule has 1 atom stereocenters. The summed E-state index contributed by atoms with van der Waals surface area (Å²) in [7, 11) is 0. The molecule has 1 aromatic heterocycles. The van der Waals surface area contributed by atoms with Gasteiger partial charge >= 0.3 is 11.7 Å². The fourth-order valence-electron chi connectivity index (χ4n) is 2.61. The molecule has 1 aliphatic rings. The van der Waals surface area contributed by atoms with Crippen LogP contribution < -0.4 is 4.90 Å². The summed E-state index contributed by atoms with van der Waals surface area (Å²) >= 11 is 0. The number of carbonyl (C=O) groups is 1. The van der Waals surface area contributed by atoms with Crippen LogP contribution in [0, 0.1) is 10.1 Å². The van der Waals surface area contributed by atoms with Gasteiger partial charge in [-0.25, -0.2) is 9.97 Å². The van der Waals surface area contributed by atoms with Gasteiger partial charge in [0.2, 0.25) is 5.95 Å². The van der Waals surface area contributed by atoms with Gasteiger partial charge in [0.05, 0.1) is 11.3 Å². The Morgan fingerprint density at radius 1 is 1.39 bits per heavy atom. The van der Waals surface area contributed by atoms with E-state index in [1.165, 1.54) is 12.4 Å². The van der Waals surface area contributed by atoms with Crippen molar-refractivity contribution in [1.29, 1.82) is 0 Å². The van der Waals surface area contributed by atoms with Crippen molar-refractivity contribution in [1.82, 2.24) is 9.97 Å². The summed E-state index contributed by atoms with van der Waals surface area (Å²) in [4.78, 5) is 32.3. The third-order valence-electron chi connectivity index (χ3n) is 3.54. The normalized spacial score (nSPS) is 18.6. The summed E-state index contributed by atoms with van der Waals surface area (Å²) in [6, 6.07) is -0.0416. The second-order valence-electron chi connectivity index (χ2n) is 6.63. The van der Waals surface area contributed by atoms with Gasteiger partial charge in [0, 0.05) is 12.6 Å². The summed E-state index contributed by atoms with van der Waals surface area (Å²) in [6.07, 6.45) is 5.50. The van der Waals surface area contributed by atoms with Crippen LogP contribution in [0.25, 0.3) is 0 Å². The Morgan fingerprint density at radius 3 is 2.61 bits per heavy atom. The molecule has 1 aromatic rings. The zero-order valence-corrected chi connectivity index (χ0v) is 13.7. The van der Waals surface area contributed by atoms with Gasteiger partial charge in [-0.2, -0.15) is 0 Å². The number of nitro groups is 1. The topological polar surface area (TPSA) is 98.5 Å². The fourth-order valence-corrected chi connectivity index (χ4v) is 2.61. The van der Waals surface area contributed by atoms with Crippen molar-refractivity contribution in [2.75, 3.05) is 11.4 Å². The lowest BCUT2D eigenvalue weighted by atomic mass is 9.99. The summed E-state index contributed by atoms with van der Waals surface area (Å²) in [5, 5.41) is 10.7. The molecule has 8 heteroatoms. The number of ether oxygens (including phenoxy) is 1. The van der Waals surface area contributed by atoms with Gasteiger partial charge in [-0.15, -0.1) is 0 Å². The largest absolute Gasteiger partial charge is 0.460 e. The number of hydrogen-bond donors (Lipinski definition) is 0. The minimum Gasteiger partial charge on any atom is -0.460 e. The van der Waals surface area contributed by atoms with Gasteiger partial charge in [-0.1, -0.05) is 0 Å². The molecule has 0 spiro atoms. The number of nitrogens with zero attached hydrogens (tertiary/aromatic N) is 4. The lowest BCUT2D eigenvalue weighted by Crippen LogP contribution is -2.42. The fraction of sp³-hybridized carbons (Fsp3) is 0.667. The molecule has 0 N–H and O–H groups in total. The number of esters is 1. The van der Waals surface area contributed by atoms with E-state index >= 15 is 0 Å². The van der Waals surface area contributed by atoms with Crippen LogP contribution >= 0.6 is 0 Å². The predicted molar refractivity (Wildman–Crippen MR) is 84.1 cm³/mol. The van der Waals surface area contributed by atoms with E-state index in [1.807, 2.05) is 25.7 Å². The van der Waals surface area contributed by atoms with Gasteiger partial charge < -0.3 is 9.64 Å². The maximum atomic E-state index is 12.1. The number of rotatable bonds is 4. The van der Waals surface area contributed by atoms with Crippen LogP contribution in [0.5, 0.6) is 0 Å². The van der Waals surface area contributed by atoms with Crippen LogP contribution in [0.3, 0.4) is 0 Å². The minimum atomic E-state index is -0.530. The third kappa shape index (κ3) is 4.87. The highest BCUT2D eigenvalue weighted by molar-refractivity contribution is 5.71. The van der Waals surface area contributed by atoms with E-state index in [-0.39, 0.29) is 24.1 Å². The first-order valence-electron chi connectivity index (χ1n) is 7.71. The van der Waals surface area contributed by atoms with E-state index in [1.54, 1.807) is 0 Å². The number of carbonyl (C=O) groups excluding carboxylic acids is 1. The summed E-state index contributed by atoms with van der Waals surface area (Å²) < 4.78 is 5.38. The molecule has 0 aliphatic carbocycles. The van der Waals surface area contributed by atoms with Crippen LogP contribution in [0.2, 0.25) is 0 Å². The second kappa shape index (κ2) is 6.89. The lowest BCUT2D eigenvalue weighted by molar-refractivity contribution is -0.385. The Labute approximate surface area is 135 Å². The van der Waals surface area contributed by atoms with E-state index in [0.29, 0.717) is 5.95 Å². The quantitative estimate of drug-likeness (QED) is 0.477. The highest BCUT2D eigenvalue weighted by atomic mass is 16.6. The Balaban J connectivity index is 2.08. The van der Waals surface area contributed by atoms with Crippen molar-refractivity contribution in [3.05, 3.63) is 22.5 Å². The van der Waals surface area contributed by atoms with E-state index in [9.17, 15) is 14.9 Å². The standard InChI is InChI=1S/C15H22N4O4/c1-15(2,3)23-13(20)8-11-6-4-5-7-18(11)14-16-9-12(10-17-14)19(21)22/h9-11H,4-8H2,1-3H3. The molecular weight excluding hydrogens is 300 g/mol. The van der Waals surface area contributed by atoms with Crippen molar-refractivity contribution < 1.29 is 14.5 Å².